The number of rotatable bonds is 5. The SMILES string of the molecule is CC(NC(c1cccs1)C1CC1)C1CCC1. The summed E-state index contributed by atoms with van der Waals surface area (Å²) >= 11 is 1.92. The maximum Gasteiger partial charge on any atom is 0.0445 e. The van der Waals surface area contributed by atoms with Gasteiger partial charge in [-0.3, -0.25) is 0 Å². The first kappa shape index (κ1) is 10.8. The van der Waals surface area contributed by atoms with Crippen LogP contribution in [0.25, 0.3) is 0 Å². The maximum atomic E-state index is 3.89. The molecule has 1 aromatic heterocycles. The number of hydrogen-bond acceptors (Lipinski definition) is 2. The standard InChI is InChI=1S/C14H21NS/c1-10(11-4-2-5-11)15-14(12-7-8-12)13-6-3-9-16-13/h3,6,9-12,14-15H,2,4-5,7-8H2,1H3. The van der Waals surface area contributed by atoms with Crippen LogP contribution in [0.5, 0.6) is 0 Å². The largest absolute Gasteiger partial charge is 0.306 e. The van der Waals surface area contributed by atoms with Crippen LogP contribution in [0.15, 0.2) is 17.5 Å². The molecule has 2 aliphatic rings. The topological polar surface area (TPSA) is 12.0 Å². The lowest BCUT2D eigenvalue weighted by molar-refractivity contribution is 0.222. The molecular formula is C14H21NS. The monoisotopic (exact) mass is 235 g/mol. The van der Waals surface area contributed by atoms with E-state index in [1.54, 1.807) is 4.88 Å². The van der Waals surface area contributed by atoms with Crippen LogP contribution in [-0.4, -0.2) is 6.04 Å². The summed E-state index contributed by atoms with van der Waals surface area (Å²) in [5.74, 6) is 1.86. The van der Waals surface area contributed by atoms with Gasteiger partial charge in [0.2, 0.25) is 0 Å². The summed E-state index contributed by atoms with van der Waals surface area (Å²) in [5, 5.41) is 6.10. The minimum absolute atomic E-state index is 0.649. The minimum Gasteiger partial charge on any atom is -0.306 e. The van der Waals surface area contributed by atoms with E-state index in [1.807, 2.05) is 11.3 Å². The Labute approximate surface area is 102 Å². The van der Waals surface area contributed by atoms with Gasteiger partial charge in [0.25, 0.3) is 0 Å². The smallest absolute Gasteiger partial charge is 0.0445 e. The summed E-state index contributed by atoms with van der Waals surface area (Å²) in [6.07, 6.45) is 7.18. The van der Waals surface area contributed by atoms with Crippen molar-refractivity contribution >= 4 is 11.3 Å². The summed E-state index contributed by atoms with van der Waals surface area (Å²) < 4.78 is 0. The summed E-state index contributed by atoms with van der Waals surface area (Å²) in [5.41, 5.74) is 0. The molecule has 0 saturated heterocycles. The summed E-state index contributed by atoms with van der Waals surface area (Å²) in [4.78, 5) is 1.55. The molecule has 0 radical (unpaired) electrons. The van der Waals surface area contributed by atoms with Crippen LogP contribution >= 0.6 is 11.3 Å². The van der Waals surface area contributed by atoms with E-state index in [0.29, 0.717) is 12.1 Å². The molecule has 1 aromatic rings. The maximum absolute atomic E-state index is 3.89. The molecule has 1 nitrogen and oxygen atoms in total. The molecule has 0 amide bonds. The molecule has 0 aliphatic heterocycles. The van der Waals surface area contributed by atoms with E-state index in [0.717, 1.165) is 11.8 Å². The highest BCUT2D eigenvalue weighted by Crippen LogP contribution is 2.43. The van der Waals surface area contributed by atoms with Crippen molar-refractivity contribution in [3.8, 4) is 0 Å². The lowest BCUT2D eigenvalue weighted by Gasteiger charge is -2.34. The van der Waals surface area contributed by atoms with Gasteiger partial charge in [0.15, 0.2) is 0 Å². The predicted molar refractivity (Wildman–Crippen MR) is 69.7 cm³/mol. The highest BCUT2D eigenvalue weighted by Gasteiger charge is 2.35. The molecular weight excluding hydrogens is 214 g/mol. The molecule has 2 atom stereocenters. The molecule has 2 saturated carbocycles. The zero-order valence-corrected chi connectivity index (χ0v) is 10.8. The highest BCUT2D eigenvalue weighted by molar-refractivity contribution is 7.10. The molecule has 1 N–H and O–H groups in total. The fraction of sp³-hybridized carbons (Fsp3) is 0.714. The zero-order valence-electron chi connectivity index (χ0n) is 9.99. The Morgan fingerprint density at radius 2 is 2.06 bits per heavy atom. The molecule has 2 aliphatic carbocycles. The molecule has 2 unspecified atom stereocenters. The second-order valence-electron chi connectivity index (χ2n) is 5.48. The van der Waals surface area contributed by atoms with Gasteiger partial charge in [-0.15, -0.1) is 11.3 Å². The molecule has 2 fully saturated rings. The lowest BCUT2D eigenvalue weighted by Crippen LogP contribution is -2.39. The third-order valence-electron chi connectivity index (χ3n) is 4.24. The van der Waals surface area contributed by atoms with Gasteiger partial charge >= 0.3 is 0 Å². The van der Waals surface area contributed by atoms with Crippen LogP contribution in [0.2, 0.25) is 0 Å². The van der Waals surface area contributed by atoms with Crippen molar-refractivity contribution in [3.05, 3.63) is 22.4 Å². The second kappa shape index (κ2) is 4.50. The Kier molecular flexibility index (Phi) is 3.03. The lowest BCUT2D eigenvalue weighted by atomic mass is 9.80. The van der Waals surface area contributed by atoms with Gasteiger partial charge in [-0.1, -0.05) is 12.5 Å². The quantitative estimate of drug-likeness (QED) is 0.814. The van der Waals surface area contributed by atoms with Crippen molar-refractivity contribution in [2.75, 3.05) is 0 Å². The first-order valence-corrected chi connectivity index (χ1v) is 7.52. The van der Waals surface area contributed by atoms with Gasteiger partial charge in [0.05, 0.1) is 0 Å². The molecule has 88 valence electrons. The molecule has 0 bridgehead atoms. The molecule has 2 heteroatoms. The normalized spacial score (nSPS) is 25.1. The van der Waals surface area contributed by atoms with Gasteiger partial charge in [0, 0.05) is 17.0 Å². The van der Waals surface area contributed by atoms with E-state index in [2.05, 4.69) is 29.8 Å². The fourth-order valence-corrected chi connectivity index (χ4v) is 3.59. The molecule has 1 heterocycles. The third kappa shape index (κ3) is 2.18. The first-order valence-electron chi connectivity index (χ1n) is 6.64. The fourth-order valence-electron chi connectivity index (χ4n) is 2.71. The summed E-state index contributed by atoms with van der Waals surface area (Å²) in [7, 11) is 0. The number of thiophene rings is 1. The average molecular weight is 235 g/mol. The summed E-state index contributed by atoms with van der Waals surface area (Å²) in [6, 6.07) is 5.84. The Morgan fingerprint density at radius 1 is 1.25 bits per heavy atom. The van der Waals surface area contributed by atoms with Gasteiger partial charge in [-0.25, -0.2) is 0 Å². The van der Waals surface area contributed by atoms with E-state index in [1.165, 1.54) is 32.1 Å². The van der Waals surface area contributed by atoms with Crippen molar-refractivity contribution in [3.63, 3.8) is 0 Å². The van der Waals surface area contributed by atoms with Gasteiger partial charge in [0.1, 0.15) is 0 Å². The van der Waals surface area contributed by atoms with E-state index in [-0.39, 0.29) is 0 Å². The molecule has 0 spiro atoms. The average Bonchev–Trinajstić information content (AvgIpc) is 2.87. The van der Waals surface area contributed by atoms with Crippen LogP contribution in [0.4, 0.5) is 0 Å². The van der Waals surface area contributed by atoms with Crippen LogP contribution in [0.3, 0.4) is 0 Å². The number of nitrogens with one attached hydrogen (secondary N) is 1. The Bertz CT molecular complexity index is 325. The van der Waals surface area contributed by atoms with Crippen LogP contribution in [-0.2, 0) is 0 Å². The van der Waals surface area contributed by atoms with Crippen LogP contribution < -0.4 is 5.32 Å². The second-order valence-corrected chi connectivity index (χ2v) is 6.46. The van der Waals surface area contributed by atoms with Crippen molar-refractivity contribution in [2.24, 2.45) is 11.8 Å². The zero-order chi connectivity index (χ0) is 11.0. The van der Waals surface area contributed by atoms with Gasteiger partial charge in [-0.05, 0) is 55.9 Å². The number of hydrogen-bond donors (Lipinski definition) is 1. The van der Waals surface area contributed by atoms with Gasteiger partial charge in [-0.2, -0.15) is 0 Å². The van der Waals surface area contributed by atoms with Gasteiger partial charge < -0.3 is 5.32 Å². The van der Waals surface area contributed by atoms with Crippen molar-refractivity contribution in [1.29, 1.82) is 0 Å². The van der Waals surface area contributed by atoms with E-state index in [9.17, 15) is 0 Å². The Hall–Kier alpha value is -0.340. The Morgan fingerprint density at radius 3 is 2.56 bits per heavy atom. The van der Waals surface area contributed by atoms with Crippen molar-refractivity contribution in [2.45, 2.75) is 51.1 Å². The first-order chi connectivity index (χ1) is 7.84. The molecule has 16 heavy (non-hydrogen) atoms. The summed E-state index contributed by atoms with van der Waals surface area (Å²) in [6.45, 7) is 2.38. The van der Waals surface area contributed by atoms with E-state index in [4.69, 9.17) is 0 Å². The molecule has 3 rings (SSSR count). The Balaban J connectivity index is 1.64. The highest BCUT2D eigenvalue weighted by atomic mass is 32.1. The predicted octanol–water partition coefficient (Wildman–Crippen LogP) is 3.98. The van der Waals surface area contributed by atoms with E-state index < -0.39 is 0 Å². The van der Waals surface area contributed by atoms with Crippen molar-refractivity contribution in [1.82, 2.24) is 5.32 Å². The third-order valence-corrected chi connectivity index (χ3v) is 5.20. The van der Waals surface area contributed by atoms with E-state index >= 15 is 0 Å². The van der Waals surface area contributed by atoms with Crippen LogP contribution in [0.1, 0.15) is 49.9 Å². The van der Waals surface area contributed by atoms with Crippen LogP contribution in [0, 0.1) is 11.8 Å². The minimum atomic E-state index is 0.649. The van der Waals surface area contributed by atoms with Crippen molar-refractivity contribution < 1.29 is 0 Å². The molecule has 0 aromatic carbocycles.